The molecule has 0 aromatic carbocycles. The Labute approximate surface area is 109 Å². The number of hydrogen-bond acceptors (Lipinski definition) is 4. The van der Waals surface area contributed by atoms with Crippen LogP contribution in [0.5, 0.6) is 0 Å². The number of carbonyl (C=O) groups is 2. The Bertz CT molecular complexity index is 294. The van der Waals surface area contributed by atoms with E-state index in [1.165, 1.54) is 26.9 Å². The highest BCUT2D eigenvalue weighted by Crippen LogP contribution is 2.19. The van der Waals surface area contributed by atoms with Gasteiger partial charge in [-0.05, 0) is 25.8 Å². The van der Waals surface area contributed by atoms with Crippen LogP contribution in [0.4, 0.5) is 0 Å². The second kappa shape index (κ2) is 7.36. The first kappa shape index (κ1) is 15.0. The average Bonchev–Trinajstić information content (AvgIpc) is 2.37. The third-order valence-corrected chi connectivity index (χ3v) is 3.50. The average molecular weight is 256 g/mol. The molecule has 1 heterocycles. The molecular weight excluding hydrogens is 232 g/mol. The van der Waals surface area contributed by atoms with Crippen LogP contribution in [-0.2, 0) is 14.3 Å². The summed E-state index contributed by atoms with van der Waals surface area (Å²) in [5.74, 6) is -0.568. The number of hydrogen-bond donors (Lipinski definition) is 1. The number of amides is 1. The van der Waals surface area contributed by atoms with Gasteiger partial charge in [-0.1, -0.05) is 13.3 Å². The summed E-state index contributed by atoms with van der Waals surface area (Å²) in [5.41, 5.74) is 0. The number of nitrogens with zero attached hydrogens (tertiary/aromatic N) is 1. The standard InChI is InChI=1S/C13H24N2O3/c1-4-11-7-5-6-8-15(11)9-12(13(17)18-3)14-10(2)16/h11-12H,4-9H2,1-3H3,(H,14,16). The number of rotatable bonds is 5. The van der Waals surface area contributed by atoms with Crippen molar-refractivity contribution in [2.75, 3.05) is 20.2 Å². The molecule has 0 aliphatic carbocycles. The number of likely N-dealkylation sites (tertiary alicyclic amines) is 1. The van der Waals surface area contributed by atoms with Crippen LogP contribution in [0, 0.1) is 0 Å². The van der Waals surface area contributed by atoms with Gasteiger partial charge in [0, 0.05) is 19.5 Å². The number of esters is 1. The van der Waals surface area contributed by atoms with Crippen LogP contribution in [0.15, 0.2) is 0 Å². The first-order valence-corrected chi connectivity index (χ1v) is 6.67. The first-order chi connectivity index (χ1) is 8.58. The number of piperidine rings is 1. The van der Waals surface area contributed by atoms with Crippen LogP contribution < -0.4 is 5.32 Å². The van der Waals surface area contributed by atoms with E-state index in [0.29, 0.717) is 12.6 Å². The Morgan fingerprint density at radius 3 is 2.72 bits per heavy atom. The lowest BCUT2D eigenvalue weighted by Crippen LogP contribution is -2.52. The first-order valence-electron chi connectivity index (χ1n) is 6.67. The van der Waals surface area contributed by atoms with E-state index < -0.39 is 6.04 Å². The molecule has 1 aliphatic heterocycles. The molecule has 1 rings (SSSR count). The molecule has 5 heteroatoms. The Morgan fingerprint density at radius 2 is 2.17 bits per heavy atom. The van der Waals surface area contributed by atoms with E-state index >= 15 is 0 Å². The number of carbonyl (C=O) groups excluding carboxylic acids is 2. The quantitative estimate of drug-likeness (QED) is 0.743. The Kier molecular flexibility index (Phi) is 6.12. The third-order valence-electron chi connectivity index (χ3n) is 3.50. The van der Waals surface area contributed by atoms with Crippen molar-refractivity contribution in [1.82, 2.24) is 10.2 Å². The van der Waals surface area contributed by atoms with Crippen LogP contribution in [0.2, 0.25) is 0 Å². The normalized spacial score (nSPS) is 22.3. The van der Waals surface area contributed by atoms with E-state index in [0.717, 1.165) is 19.4 Å². The molecule has 0 aromatic rings. The molecule has 5 nitrogen and oxygen atoms in total. The van der Waals surface area contributed by atoms with E-state index in [9.17, 15) is 9.59 Å². The van der Waals surface area contributed by atoms with E-state index in [4.69, 9.17) is 4.74 Å². The summed E-state index contributed by atoms with van der Waals surface area (Å²) >= 11 is 0. The minimum absolute atomic E-state index is 0.199. The number of methoxy groups -OCH3 is 1. The van der Waals surface area contributed by atoms with E-state index in [-0.39, 0.29) is 11.9 Å². The largest absolute Gasteiger partial charge is 0.467 e. The summed E-state index contributed by atoms with van der Waals surface area (Å²) in [6.07, 6.45) is 4.65. The number of ether oxygens (including phenoxy) is 1. The second-order valence-corrected chi connectivity index (χ2v) is 4.83. The zero-order valence-electron chi connectivity index (χ0n) is 11.6. The highest BCUT2D eigenvalue weighted by atomic mass is 16.5. The highest BCUT2D eigenvalue weighted by molar-refractivity contribution is 5.83. The van der Waals surface area contributed by atoms with Gasteiger partial charge in [0.15, 0.2) is 0 Å². The van der Waals surface area contributed by atoms with Gasteiger partial charge in [-0.3, -0.25) is 9.69 Å². The summed E-state index contributed by atoms with van der Waals surface area (Å²) in [5, 5.41) is 2.67. The minimum Gasteiger partial charge on any atom is -0.467 e. The lowest BCUT2D eigenvalue weighted by atomic mass is 9.99. The molecule has 0 bridgehead atoms. The summed E-state index contributed by atoms with van der Waals surface area (Å²) in [7, 11) is 1.35. The van der Waals surface area contributed by atoms with Gasteiger partial charge in [0.2, 0.25) is 5.91 Å². The van der Waals surface area contributed by atoms with Crippen molar-refractivity contribution >= 4 is 11.9 Å². The summed E-state index contributed by atoms with van der Waals surface area (Å²) in [6.45, 7) is 5.12. The molecule has 0 aromatic heterocycles. The monoisotopic (exact) mass is 256 g/mol. The molecule has 2 atom stereocenters. The van der Waals surface area contributed by atoms with Crippen molar-refractivity contribution in [3.63, 3.8) is 0 Å². The van der Waals surface area contributed by atoms with E-state index in [2.05, 4.69) is 17.1 Å². The van der Waals surface area contributed by atoms with Crippen LogP contribution >= 0.6 is 0 Å². The molecule has 18 heavy (non-hydrogen) atoms. The lowest BCUT2D eigenvalue weighted by Gasteiger charge is -2.36. The van der Waals surface area contributed by atoms with Crippen molar-refractivity contribution in [2.24, 2.45) is 0 Å². The molecule has 1 saturated heterocycles. The Morgan fingerprint density at radius 1 is 1.44 bits per heavy atom. The Hall–Kier alpha value is -1.10. The number of nitrogens with one attached hydrogen (secondary N) is 1. The van der Waals surface area contributed by atoms with Crippen LogP contribution in [0.25, 0.3) is 0 Å². The predicted molar refractivity (Wildman–Crippen MR) is 69.1 cm³/mol. The minimum atomic E-state index is -0.556. The SMILES string of the molecule is CCC1CCCCN1CC(NC(C)=O)C(=O)OC. The zero-order valence-corrected chi connectivity index (χ0v) is 11.6. The smallest absolute Gasteiger partial charge is 0.329 e. The van der Waals surface area contributed by atoms with Gasteiger partial charge in [0.05, 0.1) is 7.11 Å². The molecule has 0 radical (unpaired) electrons. The van der Waals surface area contributed by atoms with Crippen molar-refractivity contribution in [1.29, 1.82) is 0 Å². The predicted octanol–water partition coefficient (Wildman–Crippen LogP) is 0.929. The van der Waals surface area contributed by atoms with Crippen molar-refractivity contribution in [3.8, 4) is 0 Å². The molecule has 104 valence electrons. The van der Waals surface area contributed by atoms with Crippen LogP contribution in [-0.4, -0.2) is 49.1 Å². The summed E-state index contributed by atoms with van der Waals surface area (Å²) < 4.78 is 4.74. The maximum atomic E-state index is 11.7. The maximum absolute atomic E-state index is 11.7. The van der Waals surface area contributed by atoms with Gasteiger partial charge >= 0.3 is 5.97 Å². The van der Waals surface area contributed by atoms with E-state index in [1.807, 2.05) is 0 Å². The second-order valence-electron chi connectivity index (χ2n) is 4.83. The molecular formula is C13H24N2O3. The maximum Gasteiger partial charge on any atom is 0.329 e. The molecule has 2 unspecified atom stereocenters. The van der Waals surface area contributed by atoms with Gasteiger partial charge in [-0.2, -0.15) is 0 Å². The van der Waals surface area contributed by atoms with Gasteiger partial charge in [-0.25, -0.2) is 4.79 Å². The fourth-order valence-electron chi connectivity index (χ4n) is 2.56. The molecule has 1 amide bonds. The van der Waals surface area contributed by atoms with Gasteiger partial charge in [0.25, 0.3) is 0 Å². The van der Waals surface area contributed by atoms with E-state index in [1.54, 1.807) is 0 Å². The zero-order chi connectivity index (χ0) is 13.5. The molecule has 0 spiro atoms. The van der Waals surface area contributed by atoms with Crippen LogP contribution in [0.1, 0.15) is 39.5 Å². The van der Waals surface area contributed by atoms with Gasteiger partial charge in [-0.15, -0.1) is 0 Å². The van der Waals surface area contributed by atoms with Crippen molar-refractivity contribution in [3.05, 3.63) is 0 Å². The van der Waals surface area contributed by atoms with Crippen LogP contribution in [0.3, 0.4) is 0 Å². The molecule has 1 N–H and O–H groups in total. The third kappa shape index (κ3) is 4.29. The van der Waals surface area contributed by atoms with Gasteiger partial charge in [0.1, 0.15) is 6.04 Å². The molecule has 1 aliphatic rings. The fourth-order valence-corrected chi connectivity index (χ4v) is 2.56. The summed E-state index contributed by atoms with van der Waals surface area (Å²) in [6, 6.07) is -0.0423. The lowest BCUT2D eigenvalue weighted by molar-refractivity contribution is -0.145. The Balaban J connectivity index is 2.62. The topological polar surface area (TPSA) is 58.6 Å². The summed E-state index contributed by atoms with van der Waals surface area (Å²) in [4.78, 5) is 25.1. The highest BCUT2D eigenvalue weighted by Gasteiger charge is 2.28. The van der Waals surface area contributed by atoms with Gasteiger partial charge < -0.3 is 10.1 Å². The van der Waals surface area contributed by atoms with Crippen molar-refractivity contribution < 1.29 is 14.3 Å². The molecule has 0 saturated carbocycles. The fraction of sp³-hybridized carbons (Fsp3) is 0.846. The molecule has 1 fully saturated rings. The van der Waals surface area contributed by atoms with Crippen molar-refractivity contribution in [2.45, 2.75) is 51.6 Å².